The summed E-state index contributed by atoms with van der Waals surface area (Å²) in [5.41, 5.74) is 0. The van der Waals surface area contributed by atoms with Crippen molar-refractivity contribution < 1.29 is 4.79 Å². The van der Waals surface area contributed by atoms with Gasteiger partial charge < -0.3 is 10.2 Å². The number of hydrogen-bond donors (Lipinski definition) is 1. The van der Waals surface area contributed by atoms with E-state index >= 15 is 0 Å². The van der Waals surface area contributed by atoms with Crippen molar-refractivity contribution in [3.63, 3.8) is 0 Å². The van der Waals surface area contributed by atoms with Crippen LogP contribution in [-0.2, 0) is 4.79 Å². The average molecular weight is 212 g/mol. The van der Waals surface area contributed by atoms with E-state index in [1.807, 2.05) is 0 Å². The van der Waals surface area contributed by atoms with Crippen LogP contribution in [0.3, 0.4) is 0 Å². The normalized spacial score (nSPS) is 22.9. The standard InChI is InChI=1S/C12H24N2O/c1-4-11(5-2)12(15)14-8-6-7-13-9-10(14)3/h10-11,13H,4-9H2,1-3H3. The average Bonchev–Trinajstić information content (AvgIpc) is 2.44. The van der Waals surface area contributed by atoms with Crippen molar-refractivity contribution in [3.8, 4) is 0 Å². The Morgan fingerprint density at radius 3 is 2.73 bits per heavy atom. The molecule has 1 rings (SSSR count). The first kappa shape index (κ1) is 12.5. The van der Waals surface area contributed by atoms with E-state index in [-0.39, 0.29) is 5.92 Å². The van der Waals surface area contributed by atoms with Crippen molar-refractivity contribution >= 4 is 5.91 Å². The fourth-order valence-electron chi connectivity index (χ4n) is 2.22. The van der Waals surface area contributed by atoms with Crippen LogP contribution >= 0.6 is 0 Å². The molecular weight excluding hydrogens is 188 g/mol. The van der Waals surface area contributed by atoms with Crippen LogP contribution in [0.1, 0.15) is 40.0 Å². The maximum atomic E-state index is 12.2. The first-order valence-corrected chi connectivity index (χ1v) is 6.21. The Labute approximate surface area is 93.2 Å². The van der Waals surface area contributed by atoms with Crippen molar-refractivity contribution in [3.05, 3.63) is 0 Å². The molecule has 1 unspecified atom stereocenters. The van der Waals surface area contributed by atoms with E-state index < -0.39 is 0 Å². The third-order valence-electron chi connectivity index (χ3n) is 3.34. The Balaban J connectivity index is 2.62. The number of amides is 1. The van der Waals surface area contributed by atoms with Gasteiger partial charge in [-0.25, -0.2) is 0 Å². The first-order chi connectivity index (χ1) is 7.20. The van der Waals surface area contributed by atoms with Gasteiger partial charge in [0.05, 0.1) is 0 Å². The number of nitrogens with one attached hydrogen (secondary N) is 1. The molecule has 1 aliphatic rings. The fourth-order valence-corrected chi connectivity index (χ4v) is 2.22. The van der Waals surface area contributed by atoms with Crippen molar-refractivity contribution in [2.24, 2.45) is 5.92 Å². The largest absolute Gasteiger partial charge is 0.338 e. The van der Waals surface area contributed by atoms with Crippen molar-refractivity contribution in [1.82, 2.24) is 10.2 Å². The second-order valence-electron chi connectivity index (χ2n) is 4.45. The summed E-state index contributed by atoms with van der Waals surface area (Å²) >= 11 is 0. The lowest BCUT2D eigenvalue weighted by molar-refractivity contribution is -0.137. The minimum Gasteiger partial charge on any atom is -0.338 e. The van der Waals surface area contributed by atoms with Gasteiger partial charge in [-0.1, -0.05) is 13.8 Å². The molecule has 1 atom stereocenters. The highest BCUT2D eigenvalue weighted by Crippen LogP contribution is 2.15. The topological polar surface area (TPSA) is 32.3 Å². The Kier molecular flexibility index (Phi) is 5.09. The fraction of sp³-hybridized carbons (Fsp3) is 0.917. The lowest BCUT2D eigenvalue weighted by atomic mass is 10.0. The van der Waals surface area contributed by atoms with E-state index in [4.69, 9.17) is 0 Å². The summed E-state index contributed by atoms with van der Waals surface area (Å²) in [5.74, 6) is 0.585. The molecule has 1 N–H and O–H groups in total. The van der Waals surface area contributed by atoms with E-state index in [9.17, 15) is 4.79 Å². The van der Waals surface area contributed by atoms with Crippen molar-refractivity contribution in [2.45, 2.75) is 46.1 Å². The van der Waals surface area contributed by atoms with Crippen LogP contribution in [0, 0.1) is 5.92 Å². The van der Waals surface area contributed by atoms with Gasteiger partial charge in [-0.05, 0) is 32.7 Å². The number of carbonyl (C=O) groups excluding carboxylic acids is 1. The van der Waals surface area contributed by atoms with Crippen LogP contribution in [0.15, 0.2) is 0 Å². The maximum Gasteiger partial charge on any atom is 0.225 e. The Bertz CT molecular complexity index is 202. The predicted molar refractivity (Wildman–Crippen MR) is 62.7 cm³/mol. The maximum absolute atomic E-state index is 12.2. The molecule has 1 aliphatic heterocycles. The second kappa shape index (κ2) is 6.11. The van der Waals surface area contributed by atoms with E-state index in [2.05, 4.69) is 31.0 Å². The smallest absolute Gasteiger partial charge is 0.225 e. The Hall–Kier alpha value is -0.570. The van der Waals surface area contributed by atoms with Crippen molar-refractivity contribution in [1.29, 1.82) is 0 Å². The molecule has 3 nitrogen and oxygen atoms in total. The zero-order chi connectivity index (χ0) is 11.3. The highest BCUT2D eigenvalue weighted by molar-refractivity contribution is 5.79. The minimum absolute atomic E-state index is 0.227. The van der Waals surface area contributed by atoms with Crippen LogP contribution < -0.4 is 5.32 Å². The van der Waals surface area contributed by atoms with Gasteiger partial charge in [-0.15, -0.1) is 0 Å². The van der Waals surface area contributed by atoms with E-state index in [0.29, 0.717) is 11.9 Å². The third kappa shape index (κ3) is 3.20. The monoisotopic (exact) mass is 212 g/mol. The number of hydrogen-bond acceptors (Lipinski definition) is 2. The molecule has 88 valence electrons. The molecule has 0 aromatic heterocycles. The van der Waals surface area contributed by atoms with E-state index in [1.165, 1.54) is 0 Å². The summed E-state index contributed by atoms with van der Waals surface area (Å²) in [6, 6.07) is 0.348. The van der Waals surface area contributed by atoms with Crippen LogP contribution in [0.4, 0.5) is 0 Å². The Morgan fingerprint density at radius 1 is 1.47 bits per heavy atom. The van der Waals surface area contributed by atoms with Gasteiger partial charge in [0.15, 0.2) is 0 Å². The molecule has 3 heteroatoms. The van der Waals surface area contributed by atoms with Crippen LogP contribution in [0.2, 0.25) is 0 Å². The van der Waals surface area contributed by atoms with Crippen LogP contribution in [0.25, 0.3) is 0 Å². The van der Waals surface area contributed by atoms with Crippen LogP contribution in [-0.4, -0.2) is 36.5 Å². The molecule has 1 heterocycles. The lowest BCUT2D eigenvalue weighted by Crippen LogP contribution is -2.44. The van der Waals surface area contributed by atoms with Crippen LogP contribution in [0.5, 0.6) is 0 Å². The van der Waals surface area contributed by atoms with Gasteiger partial charge in [0, 0.05) is 25.0 Å². The van der Waals surface area contributed by atoms with Gasteiger partial charge in [0.1, 0.15) is 0 Å². The summed E-state index contributed by atoms with van der Waals surface area (Å²) in [7, 11) is 0. The van der Waals surface area contributed by atoms with Gasteiger partial charge in [-0.2, -0.15) is 0 Å². The number of carbonyl (C=O) groups is 1. The SMILES string of the molecule is CCC(CC)C(=O)N1CCCNCC1C. The molecule has 1 amide bonds. The molecule has 0 aromatic rings. The summed E-state index contributed by atoms with van der Waals surface area (Å²) in [5, 5.41) is 3.36. The van der Waals surface area contributed by atoms with Gasteiger partial charge in [0.25, 0.3) is 0 Å². The number of rotatable bonds is 3. The molecule has 0 aliphatic carbocycles. The van der Waals surface area contributed by atoms with E-state index in [1.54, 1.807) is 0 Å². The van der Waals surface area contributed by atoms with Gasteiger partial charge >= 0.3 is 0 Å². The first-order valence-electron chi connectivity index (χ1n) is 6.21. The molecule has 0 aromatic carbocycles. The molecule has 0 bridgehead atoms. The molecule has 1 fully saturated rings. The molecule has 0 saturated carbocycles. The van der Waals surface area contributed by atoms with E-state index in [0.717, 1.165) is 38.9 Å². The number of nitrogens with zero attached hydrogens (tertiary/aromatic N) is 1. The molecular formula is C12H24N2O. The lowest BCUT2D eigenvalue weighted by Gasteiger charge is -2.30. The highest BCUT2D eigenvalue weighted by Gasteiger charge is 2.26. The van der Waals surface area contributed by atoms with Crippen molar-refractivity contribution in [2.75, 3.05) is 19.6 Å². The molecule has 15 heavy (non-hydrogen) atoms. The zero-order valence-electron chi connectivity index (χ0n) is 10.3. The summed E-state index contributed by atoms with van der Waals surface area (Å²) < 4.78 is 0. The summed E-state index contributed by atoms with van der Waals surface area (Å²) in [4.78, 5) is 14.3. The minimum atomic E-state index is 0.227. The molecule has 0 spiro atoms. The Morgan fingerprint density at radius 2 is 2.13 bits per heavy atom. The quantitative estimate of drug-likeness (QED) is 0.771. The summed E-state index contributed by atoms with van der Waals surface area (Å²) in [6.07, 6.45) is 3.01. The van der Waals surface area contributed by atoms with Gasteiger partial charge in [-0.3, -0.25) is 4.79 Å². The second-order valence-corrected chi connectivity index (χ2v) is 4.45. The highest BCUT2D eigenvalue weighted by atomic mass is 16.2. The third-order valence-corrected chi connectivity index (χ3v) is 3.34. The van der Waals surface area contributed by atoms with Gasteiger partial charge in [0.2, 0.25) is 5.91 Å². The molecule has 0 radical (unpaired) electrons. The zero-order valence-corrected chi connectivity index (χ0v) is 10.3. The summed E-state index contributed by atoms with van der Waals surface area (Å²) in [6.45, 7) is 9.24. The molecule has 1 saturated heterocycles. The predicted octanol–water partition coefficient (Wildman–Crippen LogP) is 1.63.